The number of imidazole rings is 1. The molecule has 0 bridgehead atoms. The third-order valence-corrected chi connectivity index (χ3v) is 4.00. The van der Waals surface area contributed by atoms with E-state index in [1.165, 1.54) is 0 Å². The first-order valence-electron chi connectivity index (χ1n) is 6.90. The van der Waals surface area contributed by atoms with Crippen LogP contribution >= 0.6 is 0 Å². The molecule has 3 nitrogen and oxygen atoms in total. The molecule has 0 amide bonds. The highest BCUT2D eigenvalue weighted by Gasteiger charge is 2.28. The molecule has 1 aliphatic rings. The predicted octanol–water partition coefficient (Wildman–Crippen LogP) is 3.69. The third-order valence-electron chi connectivity index (χ3n) is 4.00. The normalized spacial score (nSPS) is 21.4. The highest BCUT2D eigenvalue weighted by molar-refractivity contribution is 5.72. The summed E-state index contributed by atoms with van der Waals surface area (Å²) in [6, 6.07) is 1.48. The van der Waals surface area contributed by atoms with E-state index in [1.54, 1.807) is 0 Å². The second kappa shape index (κ2) is 4.79. The molecule has 0 saturated heterocycles. The lowest BCUT2D eigenvalue weighted by atomic mass is 9.95. The Balaban J connectivity index is 2.17. The van der Waals surface area contributed by atoms with Gasteiger partial charge in [0.15, 0.2) is 11.6 Å². The summed E-state index contributed by atoms with van der Waals surface area (Å²) in [5.74, 6) is -1.68. The Bertz CT molecular complexity index is 709. The molecule has 0 fully saturated rings. The van der Waals surface area contributed by atoms with E-state index in [4.69, 9.17) is 5.73 Å². The van der Waals surface area contributed by atoms with Crippen molar-refractivity contribution in [1.82, 2.24) is 9.55 Å². The van der Waals surface area contributed by atoms with Gasteiger partial charge < -0.3 is 10.3 Å². The predicted molar refractivity (Wildman–Crippen MR) is 74.1 cm³/mol. The van der Waals surface area contributed by atoms with Crippen molar-refractivity contribution in [2.24, 2.45) is 5.92 Å². The largest absolute Gasteiger partial charge is 0.383 e. The van der Waals surface area contributed by atoms with Crippen molar-refractivity contribution in [1.29, 1.82) is 0 Å². The molecule has 2 heterocycles. The zero-order chi connectivity index (χ0) is 15.3. The molecule has 6 heteroatoms. The Kier molecular flexibility index (Phi) is 3.19. The lowest BCUT2D eigenvalue weighted by molar-refractivity contribution is 0.346. The molecule has 2 N–H and O–H groups in total. The topological polar surface area (TPSA) is 43.8 Å². The van der Waals surface area contributed by atoms with Gasteiger partial charge >= 0.3 is 0 Å². The first-order chi connectivity index (χ1) is 9.88. The van der Waals surface area contributed by atoms with Crippen molar-refractivity contribution >= 4 is 5.82 Å². The molecule has 21 heavy (non-hydrogen) atoms. The molecular weight excluding hydrogens is 279 g/mol. The summed E-state index contributed by atoms with van der Waals surface area (Å²) in [6.07, 6.45) is 1.69. The van der Waals surface area contributed by atoms with Crippen LogP contribution in [0.2, 0.25) is 0 Å². The number of halogens is 3. The Labute approximate surface area is 120 Å². The van der Waals surface area contributed by atoms with Gasteiger partial charge in [0.25, 0.3) is 0 Å². The molecule has 3 rings (SSSR count). The number of fused-ring (bicyclic) bond motifs is 1. The van der Waals surface area contributed by atoms with Gasteiger partial charge in [0, 0.05) is 24.1 Å². The van der Waals surface area contributed by atoms with Crippen LogP contribution in [0.25, 0.3) is 11.3 Å². The molecule has 0 aliphatic carbocycles. The van der Waals surface area contributed by atoms with Crippen molar-refractivity contribution in [2.75, 3.05) is 5.73 Å². The second-order valence-corrected chi connectivity index (χ2v) is 5.77. The van der Waals surface area contributed by atoms with E-state index in [-0.39, 0.29) is 17.3 Å². The number of hydrogen-bond donors (Lipinski definition) is 1. The van der Waals surface area contributed by atoms with Crippen LogP contribution < -0.4 is 5.73 Å². The fourth-order valence-electron chi connectivity index (χ4n) is 3.11. The van der Waals surface area contributed by atoms with Gasteiger partial charge in [0.2, 0.25) is 0 Å². The van der Waals surface area contributed by atoms with Gasteiger partial charge in [0.1, 0.15) is 23.2 Å². The van der Waals surface area contributed by atoms with Gasteiger partial charge in [-0.2, -0.15) is 0 Å². The molecule has 1 aliphatic heterocycles. The van der Waals surface area contributed by atoms with E-state index in [0.29, 0.717) is 17.8 Å². The van der Waals surface area contributed by atoms with Crippen molar-refractivity contribution in [3.63, 3.8) is 0 Å². The van der Waals surface area contributed by atoms with Crippen molar-refractivity contribution in [3.8, 4) is 11.3 Å². The summed E-state index contributed by atoms with van der Waals surface area (Å²) in [6.45, 7) is 4.13. The lowest BCUT2D eigenvalue weighted by Gasteiger charge is -2.27. The van der Waals surface area contributed by atoms with Crippen molar-refractivity contribution in [3.05, 3.63) is 35.4 Å². The number of aromatic nitrogens is 2. The molecule has 112 valence electrons. The van der Waals surface area contributed by atoms with E-state index in [2.05, 4.69) is 11.9 Å². The van der Waals surface area contributed by atoms with Gasteiger partial charge in [-0.15, -0.1) is 0 Å². The van der Waals surface area contributed by atoms with Crippen LogP contribution in [-0.2, 0) is 6.42 Å². The lowest BCUT2D eigenvalue weighted by Crippen LogP contribution is -2.22. The minimum absolute atomic E-state index is 0.104. The maximum Gasteiger partial charge on any atom is 0.161 e. The third kappa shape index (κ3) is 2.18. The van der Waals surface area contributed by atoms with Gasteiger partial charge in [-0.1, -0.05) is 6.92 Å². The SMILES string of the molecule is CC1Cc2nc(-c3cc(F)c(F)cc3F)c(N)n2C(C)C1. The first kappa shape index (κ1) is 14.0. The van der Waals surface area contributed by atoms with Crippen LogP contribution in [0.3, 0.4) is 0 Å². The summed E-state index contributed by atoms with van der Waals surface area (Å²) in [7, 11) is 0. The van der Waals surface area contributed by atoms with Crippen LogP contribution in [0, 0.1) is 23.4 Å². The van der Waals surface area contributed by atoms with Crippen molar-refractivity contribution in [2.45, 2.75) is 32.7 Å². The van der Waals surface area contributed by atoms with Gasteiger partial charge in [-0.05, 0) is 25.3 Å². The minimum atomic E-state index is -1.22. The fourth-order valence-corrected chi connectivity index (χ4v) is 3.11. The number of rotatable bonds is 1. The highest BCUT2D eigenvalue weighted by atomic mass is 19.2. The van der Waals surface area contributed by atoms with Gasteiger partial charge in [-0.25, -0.2) is 18.2 Å². The molecule has 0 radical (unpaired) electrons. The van der Waals surface area contributed by atoms with Gasteiger partial charge in [0.05, 0.1) is 0 Å². The van der Waals surface area contributed by atoms with E-state index >= 15 is 0 Å². The van der Waals surface area contributed by atoms with Crippen LogP contribution in [0.1, 0.15) is 32.1 Å². The van der Waals surface area contributed by atoms with Crippen LogP contribution in [-0.4, -0.2) is 9.55 Å². The molecule has 0 spiro atoms. The Hall–Kier alpha value is -1.98. The van der Waals surface area contributed by atoms with E-state index in [0.717, 1.165) is 24.7 Å². The molecule has 2 unspecified atom stereocenters. The maximum atomic E-state index is 13.9. The quantitative estimate of drug-likeness (QED) is 0.815. The zero-order valence-corrected chi connectivity index (χ0v) is 11.8. The maximum absolute atomic E-state index is 13.9. The Morgan fingerprint density at radius 1 is 1.14 bits per heavy atom. The summed E-state index contributed by atoms with van der Waals surface area (Å²) >= 11 is 0. The Morgan fingerprint density at radius 3 is 2.52 bits per heavy atom. The summed E-state index contributed by atoms with van der Waals surface area (Å²) < 4.78 is 42.2. The summed E-state index contributed by atoms with van der Waals surface area (Å²) in [5.41, 5.74) is 6.15. The highest BCUT2D eigenvalue weighted by Crippen LogP contribution is 2.37. The number of nitrogen functional groups attached to an aromatic ring is 1. The number of benzene rings is 1. The molecule has 2 aromatic rings. The fraction of sp³-hybridized carbons (Fsp3) is 0.400. The number of nitrogens with zero attached hydrogens (tertiary/aromatic N) is 2. The van der Waals surface area contributed by atoms with Crippen LogP contribution in [0.4, 0.5) is 19.0 Å². The molecular formula is C15H16F3N3. The monoisotopic (exact) mass is 295 g/mol. The van der Waals surface area contributed by atoms with Gasteiger partial charge in [-0.3, -0.25) is 0 Å². The standard InChI is InChI=1S/C15H16F3N3/c1-7-3-8(2)21-13(4-7)20-14(15(21)19)9-5-11(17)12(18)6-10(9)16/h5-8H,3-4,19H2,1-2H3. The average molecular weight is 295 g/mol. The van der Waals surface area contributed by atoms with E-state index in [9.17, 15) is 13.2 Å². The molecule has 1 aromatic carbocycles. The second-order valence-electron chi connectivity index (χ2n) is 5.77. The minimum Gasteiger partial charge on any atom is -0.383 e. The Morgan fingerprint density at radius 2 is 1.81 bits per heavy atom. The summed E-state index contributed by atoms with van der Waals surface area (Å²) in [4.78, 5) is 4.36. The van der Waals surface area contributed by atoms with E-state index < -0.39 is 17.5 Å². The number of anilines is 1. The zero-order valence-electron chi connectivity index (χ0n) is 11.8. The molecule has 1 aromatic heterocycles. The summed E-state index contributed by atoms with van der Waals surface area (Å²) in [5, 5.41) is 0. The van der Waals surface area contributed by atoms with Crippen LogP contribution in [0.5, 0.6) is 0 Å². The van der Waals surface area contributed by atoms with Crippen LogP contribution in [0.15, 0.2) is 12.1 Å². The molecule has 0 saturated carbocycles. The smallest absolute Gasteiger partial charge is 0.161 e. The van der Waals surface area contributed by atoms with Crippen molar-refractivity contribution < 1.29 is 13.2 Å². The molecule has 2 atom stereocenters. The number of hydrogen-bond acceptors (Lipinski definition) is 2. The number of nitrogens with two attached hydrogens (primary N) is 1. The van der Waals surface area contributed by atoms with E-state index in [1.807, 2.05) is 11.5 Å². The first-order valence-corrected chi connectivity index (χ1v) is 6.90. The average Bonchev–Trinajstić information content (AvgIpc) is 2.71.